The third kappa shape index (κ3) is 2.53. The van der Waals surface area contributed by atoms with E-state index in [4.69, 9.17) is 21.6 Å². The quantitative estimate of drug-likeness (QED) is 0.600. The van der Waals surface area contributed by atoms with E-state index in [9.17, 15) is 4.79 Å². The predicted molar refractivity (Wildman–Crippen MR) is 61.4 cm³/mol. The van der Waals surface area contributed by atoms with Crippen molar-refractivity contribution in [3.05, 3.63) is 34.4 Å². The summed E-state index contributed by atoms with van der Waals surface area (Å²) < 4.78 is 4.90. The molecule has 0 fully saturated rings. The van der Waals surface area contributed by atoms with Gasteiger partial charge in [-0.25, -0.2) is 4.79 Å². The minimum atomic E-state index is -0.460. The topological polar surface area (TPSA) is 50.1 Å². The van der Waals surface area contributed by atoms with Gasteiger partial charge in [-0.1, -0.05) is 6.07 Å². The number of carbonyl (C=O) groups excluding carboxylic acids is 1. The molecule has 0 heterocycles. The molecule has 0 saturated heterocycles. The second-order valence-electron chi connectivity index (χ2n) is 3.30. The molecule has 1 rings (SSSR count). The van der Waals surface area contributed by atoms with Gasteiger partial charge in [-0.15, -0.1) is 11.6 Å². The molecule has 0 N–H and O–H groups in total. The van der Waals surface area contributed by atoms with Crippen molar-refractivity contribution < 1.29 is 9.53 Å². The maximum atomic E-state index is 11.6. The van der Waals surface area contributed by atoms with Crippen molar-refractivity contribution in [3.63, 3.8) is 0 Å². The van der Waals surface area contributed by atoms with E-state index < -0.39 is 5.97 Å². The van der Waals surface area contributed by atoms with Crippen molar-refractivity contribution in [1.29, 1.82) is 5.26 Å². The van der Waals surface area contributed by atoms with E-state index in [1.54, 1.807) is 26.0 Å². The Bertz CT molecular complexity index is 449. The molecule has 0 spiro atoms. The van der Waals surface area contributed by atoms with Gasteiger partial charge in [0.15, 0.2) is 0 Å². The van der Waals surface area contributed by atoms with E-state index in [0.29, 0.717) is 29.2 Å². The number of ether oxygens (including phenoxy) is 1. The lowest BCUT2D eigenvalue weighted by molar-refractivity contribution is 0.0525. The fourth-order valence-electron chi connectivity index (χ4n) is 1.50. The summed E-state index contributed by atoms with van der Waals surface area (Å²) >= 11 is 5.70. The van der Waals surface area contributed by atoms with Crippen LogP contribution < -0.4 is 0 Å². The van der Waals surface area contributed by atoms with Crippen molar-refractivity contribution in [1.82, 2.24) is 0 Å². The lowest BCUT2D eigenvalue weighted by Gasteiger charge is -2.08. The normalized spacial score (nSPS) is 9.62. The molecule has 0 saturated carbocycles. The van der Waals surface area contributed by atoms with E-state index in [1.165, 1.54) is 0 Å². The molecular weight excluding hydrogens is 226 g/mol. The minimum absolute atomic E-state index is 0.292. The van der Waals surface area contributed by atoms with Crippen molar-refractivity contribution in [2.45, 2.75) is 19.7 Å². The van der Waals surface area contributed by atoms with Crippen molar-refractivity contribution in [3.8, 4) is 6.07 Å². The van der Waals surface area contributed by atoms with Gasteiger partial charge >= 0.3 is 5.97 Å². The molecular formula is C12H12ClNO2. The molecule has 84 valence electrons. The minimum Gasteiger partial charge on any atom is -0.462 e. The second kappa shape index (κ2) is 5.53. The number of alkyl halides is 1. The van der Waals surface area contributed by atoms with Gasteiger partial charge in [0.1, 0.15) is 6.07 Å². The Morgan fingerprint density at radius 3 is 2.75 bits per heavy atom. The van der Waals surface area contributed by atoms with Gasteiger partial charge in [0.2, 0.25) is 0 Å². The summed E-state index contributed by atoms with van der Waals surface area (Å²) in [5.74, 6) is -0.142. The number of hydrogen-bond donors (Lipinski definition) is 0. The lowest BCUT2D eigenvalue weighted by Crippen LogP contribution is -2.09. The number of aryl methyl sites for hydroxylation is 1. The highest BCUT2D eigenvalue weighted by Gasteiger charge is 2.16. The van der Waals surface area contributed by atoms with Gasteiger partial charge in [0.25, 0.3) is 0 Å². The standard InChI is InChI=1S/C12H12ClNO2/c1-3-16-12(15)11-8(2)4-9(6-13)5-10(11)7-14/h4-5H,3,6H2,1-2H3. The average Bonchev–Trinajstić information content (AvgIpc) is 2.27. The summed E-state index contributed by atoms with van der Waals surface area (Å²) in [6.07, 6.45) is 0. The molecule has 0 aliphatic carbocycles. The molecule has 0 radical (unpaired) electrons. The maximum absolute atomic E-state index is 11.6. The van der Waals surface area contributed by atoms with Crippen LogP contribution in [0.2, 0.25) is 0 Å². The SMILES string of the molecule is CCOC(=O)c1c(C)cc(CCl)cc1C#N. The number of carbonyl (C=O) groups is 1. The van der Waals surface area contributed by atoms with Crippen LogP contribution in [-0.4, -0.2) is 12.6 Å². The number of esters is 1. The van der Waals surface area contributed by atoms with Gasteiger partial charge in [0.05, 0.1) is 17.7 Å². The molecule has 0 amide bonds. The van der Waals surface area contributed by atoms with Crippen LogP contribution in [-0.2, 0) is 10.6 Å². The molecule has 0 aliphatic heterocycles. The Hall–Kier alpha value is -1.53. The molecule has 0 bridgehead atoms. The molecule has 0 atom stereocenters. The summed E-state index contributed by atoms with van der Waals surface area (Å²) in [7, 11) is 0. The Labute approximate surface area is 99.6 Å². The Kier molecular flexibility index (Phi) is 4.33. The van der Waals surface area contributed by atoms with E-state index >= 15 is 0 Å². The van der Waals surface area contributed by atoms with Crippen LogP contribution in [0.25, 0.3) is 0 Å². The van der Waals surface area contributed by atoms with Gasteiger partial charge in [-0.2, -0.15) is 5.26 Å². The van der Waals surface area contributed by atoms with Crippen molar-refractivity contribution in [2.75, 3.05) is 6.61 Å². The Morgan fingerprint density at radius 2 is 2.25 bits per heavy atom. The maximum Gasteiger partial charge on any atom is 0.339 e. The summed E-state index contributed by atoms with van der Waals surface area (Å²) in [5.41, 5.74) is 2.18. The van der Waals surface area contributed by atoms with Crippen molar-refractivity contribution >= 4 is 17.6 Å². The third-order valence-corrected chi connectivity index (χ3v) is 2.46. The van der Waals surface area contributed by atoms with Gasteiger partial charge in [0, 0.05) is 5.88 Å². The largest absolute Gasteiger partial charge is 0.462 e. The molecule has 1 aromatic carbocycles. The third-order valence-electron chi connectivity index (χ3n) is 2.15. The summed E-state index contributed by atoms with van der Waals surface area (Å²) in [5, 5.41) is 8.98. The Balaban J connectivity index is 3.28. The molecule has 16 heavy (non-hydrogen) atoms. The van der Waals surface area contributed by atoms with Crippen molar-refractivity contribution in [2.24, 2.45) is 0 Å². The highest BCUT2D eigenvalue weighted by Crippen LogP contribution is 2.19. The zero-order chi connectivity index (χ0) is 12.1. The second-order valence-corrected chi connectivity index (χ2v) is 3.57. The van der Waals surface area contributed by atoms with Crippen LogP contribution in [0.5, 0.6) is 0 Å². The van der Waals surface area contributed by atoms with Crippen LogP contribution in [0.3, 0.4) is 0 Å². The fraction of sp³-hybridized carbons (Fsp3) is 0.333. The van der Waals surface area contributed by atoms with E-state index in [1.807, 2.05) is 6.07 Å². The number of hydrogen-bond acceptors (Lipinski definition) is 3. The monoisotopic (exact) mass is 237 g/mol. The van der Waals surface area contributed by atoms with E-state index in [2.05, 4.69) is 0 Å². The van der Waals surface area contributed by atoms with Crippen LogP contribution in [0.4, 0.5) is 0 Å². The highest BCUT2D eigenvalue weighted by atomic mass is 35.5. The number of benzene rings is 1. The summed E-state index contributed by atoms with van der Waals surface area (Å²) in [4.78, 5) is 11.6. The first kappa shape index (κ1) is 12.5. The first-order valence-corrected chi connectivity index (χ1v) is 5.44. The summed E-state index contributed by atoms with van der Waals surface area (Å²) in [6.45, 7) is 3.79. The zero-order valence-corrected chi connectivity index (χ0v) is 9.97. The first-order chi connectivity index (χ1) is 7.63. The smallest absolute Gasteiger partial charge is 0.339 e. The molecule has 0 unspecified atom stereocenters. The lowest BCUT2D eigenvalue weighted by atomic mass is 10.00. The summed E-state index contributed by atoms with van der Waals surface area (Å²) in [6, 6.07) is 5.40. The number of nitriles is 1. The molecule has 1 aromatic rings. The molecule has 0 aromatic heterocycles. The van der Waals surface area contributed by atoms with E-state index in [-0.39, 0.29) is 0 Å². The van der Waals surface area contributed by atoms with Crippen LogP contribution in [0.1, 0.15) is 34.0 Å². The highest BCUT2D eigenvalue weighted by molar-refractivity contribution is 6.17. The van der Waals surface area contributed by atoms with Crippen LogP contribution in [0.15, 0.2) is 12.1 Å². The molecule has 0 aliphatic rings. The van der Waals surface area contributed by atoms with Gasteiger partial charge in [-0.3, -0.25) is 0 Å². The molecule has 4 heteroatoms. The van der Waals surface area contributed by atoms with Crippen LogP contribution >= 0.6 is 11.6 Å². The number of rotatable bonds is 3. The van der Waals surface area contributed by atoms with E-state index in [0.717, 1.165) is 5.56 Å². The Morgan fingerprint density at radius 1 is 1.56 bits per heavy atom. The predicted octanol–water partition coefficient (Wildman–Crippen LogP) is 2.78. The average molecular weight is 238 g/mol. The van der Waals surface area contributed by atoms with Gasteiger partial charge < -0.3 is 4.74 Å². The van der Waals surface area contributed by atoms with Gasteiger partial charge in [-0.05, 0) is 31.0 Å². The fourth-order valence-corrected chi connectivity index (χ4v) is 1.66. The first-order valence-electron chi connectivity index (χ1n) is 4.90. The number of nitrogens with zero attached hydrogens (tertiary/aromatic N) is 1. The zero-order valence-electron chi connectivity index (χ0n) is 9.21. The number of halogens is 1. The van der Waals surface area contributed by atoms with Crippen LogP contribution in [0, 0.1) is 18.3 Å². The molecule has 3 nitrogen and oxygen atoms in total.